The molecule has 0 unspecified atom stereocenters. The highest BCUT2D eigenvalue weighted by molar-refractivity contribution is 6.44. The Morgan fingerprint density at radius 2 is 2.11 bits per heavy atom. The molecule has 0 saturated carbocycles. The lowest BCUT2D eigenvalue weighted by atomic mass is 10.1. The molecule has 0 aromatic heterocycles. The number of hydrogen-bond donors (Lipinski definition) is 2. The van der Waals surface area contributed by atoms with E-state index in [0.29, 0.717) is 24.4 Å². The summed E-state index contributed by atoms with van der Waals surface area (Å²) in [6, 6.07) is 12.6. The van der Waals surface area contributed by atoms with Gasteiger partial charge in [-0.2, -0.15) is 0 Å². The topological polar surface area (TPSA) is 79.8 Å². The van der Waals surface area contributed by atoms with E-state index in [4.69, 9.17) is 4.74 Å². The fourth-order valence-electron chi connectivity index (χ4n) is 3.13. The SMILES string of the molecule is O=C(N[C@H]1COc2ccccc2NC1=O)C1=NCC(Cc2cccc(F)c2)=C1. The van der Waals surface area contributed by atoms with Gasteiger partial charge in [-0.15, -0.1) is 0 Å². The Labute approximate surface area is 161 Å². The molecule has 2 aliphatic heterocycles. The first kappa shape index (κ1) is 17.9. The maximum absolute atomic E-state index is 13.3. The Morgan fingerprint density at radius 1 is 1.25 bits per heavy atom. The number of para-hydroxylation sites is 2. The summed E-state index contributed by atoms with van der Waals surface area (Å²) in [5.74, 6) is -0.525. The lowest BCUT2D eigenvalue weighted by Gasteiger charge is -2.14. The van der Waals surface area contributed by atoms with Crippen molar-refractivity contribution in [2.45, 2.75) is 12.5 Å². The number of amides is 2. The van der Waals surface area contributed by atoms with Crippen LogP contribution in [0.4, 0.5) is 10.1 Å². The minimum Gasteiger partial charge on any atom is -0.489 e. The number of nitrogens with zero attached hydrogens (tertiary/aromatic N) is 1. The highest BCUT2D eigenvalue weighted by Crippen LogP contribution is 2.26. The van der Waals surface area contributed by atoms with Crippen molar-refractivity contribution in [3.8, 4) is 5.75 Å². The van der Waals surface area contributed by atoms with Crippen LogP contribution in [0.1, 0.15) is 5.56 Å². The fourth-order valence-corrected chi connectivity index (χ4v) is 3.13. The summed E-state index contributed by atoms with van der Waals surface area (Å²) in [5, 5.41) is 5.41. The molecule has 2 heterocycles. The average molecular weight is 379 g/mol. The van der Waals surface area contributed by atoms with Crippen molar-refractivity contribution in [2.75, 3.05) is 18.5 Å². The molecule has 2 aromatic carbocycles. The average Bonchev–Trinajstić information content (AvgIpc) is 3.08. The molecule has 6 nitrogen and oxygen atoms in total. The van der Waals surface area contributed by atoms with Gasteiger partial charge < -0.3 is 15.4 Å². The van der Waals surface area contributed by atoms with Crippen molar-refractivity contribution < 1.29 is 18.7 Å². The molecule has 0 spiro atoms. The van der Waals surface area contributed by atoms with Crippen molar-refractivity contribution in [1.82, 2.24) is 5.32 Å². The van der Waals surface area contributed by atoms with E-state index in [-0.39, 0.29) is 24.0 Å². The zero-order chi connectivity index (χ0) is 19.5. The smallest absolute Gasteiger partial charge is 0.270 e. The summed E-state index contributed by atoms with van der Waals surface area (Å²) < 4.78 is 18.9. The third kappa shape index (κ3) is 3.93. The molecule has 7 heteroatoms. The predicted octanol–water partition coefficient (Wildman–Crippen LogP) is 2.27. The van der Waals surface area contributed by atoms with Gasteiger partial charge in [0.15, 0.2) is 0 Å². The lowest BCUT2D eigenvalue weighted by molar-refractivity contribution is -0.123. The predicted molar refractivity (Wildman–Crippen MR) is 103 cm³/mol. The second kappa shape index (κ2) is 7.64. The first-order valence-corrected chi connectivity index (χ1v) is 8.90. The van der Waals surface area contributed by atoms with Gasteiger partial charge in [-0.3, -0.25) is 14.6 Å². The van der Waals surface area contributed by atoms with E-state index in [0.717, 1.165) is 11.1 Å². The standard InChI is InChI=1S/C21H18FN3O3/c22-15-5-3-4-13(9-15)8-14-10-17(23-11-14)20(26)25-18-12-28-19-7-2-1-6-16(19)24-21(18)27/h1-7,9-10,18H,8,11-12H2,(H,24,27)(H,25,26)/t18-/m0/s1. The molecular formula is C21H18FN3O3. The summed E-state index contributed by atoms with van der Waals surface area (Å²) in [6.45, 7) is 0.403. The summed E-state index contributed by atoms with van der Waals surface area (Å²) in [4.78, 5) is 29.1. The number of anilines is 1. The van der Waals surface area contributed by atoms with E-state index in [1.807, 2.05) is 12.1 Å². The van der Waals surface area contributed by atoms with Crippen molar-refractivity contribution in [3.05, 3.63) is 71.6 Å². The van der Waals surface area contributed by atoms with Crippen molar-refractivity contribution in [3.63, 3.8) is 0 Å². The summed E-state index contributed by atoms with van der Waals surface area (Å²) in [5.41, 5.74) is 2.54. The van der Waals surface area contributed by atoms with Crippen molar-refractivity contribution >= 4 is 23.2 Å². The Morgan fingerprint density at radius 3 is 2.96 bits per heavy atom. The van der Waals surface area contributed by atoms with Gasteiger partial charge in [0.25, 0.3) is 11.8 Å². The second-order valence-corrected chi connectivity index (χ2v) is 6.63. The van der Waals surface area contributed by atoms with Gasteiger partial charge in [-0.25, -0.2) is 4.39 Å². The molecule has 0 bridgehead atoms. The Hall–Kier alpha value is -3.48. The van der Waals surface area contributed by atoms with Crippen LogP contribution in [0.25, 0.3) is 0 Å². The molecule has 4 rings (SSSR count). The number of hydrogen-bond acceptors (Lipinski definition) is 4. The van der Waals surface area contributed by atoms with Gasteiger partial charge in [0.05, 0.1) is 12.2 Å². The van der Waals surface area contributed by atoms with E-state index >= 15 is 0 Å². The minimum atomic E-state index is -0.830. The molecule has 0 radical (unpaired) electrons. The number of fused-ring (bicyclic) bond motifs is 1. The monoisotopic (exact) mass is 379 g/mol. The molecule has 0 fully saturated rings. The van der Waals surface area contributed by atoms with Crippen molar-refractivity contribution in [1.29, 1.82) is 0 Å². The first-order valence-electron chi connectivity index (χ1n) is 8.90. The number of nitrogens with one attached hydrogen (secondary N) is 2. The van der Waals surface area contributed by atoms with Crippen LogP contribution in [-0.2, 0) is 16.0 Å². The van der Waals surface area contributed by atoms with E-state index < -0.39 is 11.9 Å². The number of carbonyl (C=O) groups is 2. The van der Waals surface area contributed by atoms with Crippen LogP contribution in [0, 0.1) is 5.82 Å². The molecule has 0 saturated heterocycles. The number of halogens is 1. The lowest BCUT2D eigenvalue weighted by Crippen LogP contribution is -2.48. The Balaban J connectivity index is 1.39. The summed E-state index contributed by atoms with van der Waals surface area (Å²) >= 11 is 0. The number of rotatable bonds is 4. The third-order valence-electron chi connectivity index (χ3n) is 4.52. The normalized spacial score (nSPS) is 18.2. The highest BCUT2D eigenvalue weighted by Gasteiger charge is 2.28. The van der Waals surface area contributed by atoms with Crippen LogP contribution >= 0.6 is 0 Å². The molecular weight excluding hydrogens is 361 g/mol. The minimum absolute atomic E-state index is 0.0295. The molecule has 28 heavy (non-hydrogen) atoms. The molecule has 2 aliphatic rings. The van der Waals surface area contributed by atoms with Gasteiger partial charge in [-0.1, -0.05) is 24.3 Å². The van der Waals surface area contributed by atoms with Crippen molar-refractivity contribution in [2.24, 2.45) is 4.99 Å². The van der Waals surface area contributed by atoms with E-state index in [1.54, 1.807) is 30.3 Å². The molecule has 2 aromatic rings. The Bertz CT molecular complexity index is 1000. The number of benzene rings is 2. The van der Waals surface area contributed by atoms with Crippen LogP contribution < -0.4 is 15.4 Å². The highest BCUT2D eigenvalue weighted by atomic mass is 19.1. The van der Waals surface area contributed by atoms with Crippen LogP contribution in [-0.4, -0.2) is 36.7 Å². The largest absolute Gasteiger partial charge is 0.489 e. The van der Waals surface area contributed by atoms with Gasteiger partial charge >= 0.3 is 0 Å². The molecule has 2 N–H and O–H groups in total. The number of aliphatic imine (C=N–C) groups is 1. The fraction of sp³-hybridized carbons (Fsp3) is 0.190. The van der Waals surface area contributed by atoms with E-state index in [9.17, 15) is 14.0 Å². The summed E-state index contributed by atoms with van der Waals surface area (Å²) in [7, 11) is 0. The number of carbonyl (C=O) groups excluding carboxylic acids is 2. The molecule has 2 amide bonds. The van der Waals surface area contributed by atoms with Crippen LogP contribution in [0.15, 0.2) is 65.2 Å². The maximum Gasteiger partial charge on any atom is 0.270 e. The van der Waals surface area contributed by atoms with E-state index in [2.05, 4.69) is 15.6 Å². The zero-order valence-electron chi connectivity index (χ0n) is 14.9. The molecule has 1 atom stereocenters. The zero-order valence-corrected chi connectivity index (χ0v) is 14.9. The molecule has 0 aliphatic carbocycles. The van der Waals surface area contributed by atoms with E-state index in [1.165, 1.54) is 12.1 Å². The third-order valence-corrected chi connectivity index (χ3v) is 4.52. The maximum atomic E-state index is 13.3. The van der Waals surface area contributed by atoms with Crippen LogP contribution in [0.3, 0.4) is 0 Å². The Kier molecular flexibility index (Phi) is 4.89. The molecule has 142 valence electrons. The second-order valence-electron chi connectivity index (χ2n) is 6.63. The summed E-state index contributed by atoms with van der Waals surface area (Å²) in [6.07, 6.45) is 2.20. The van der Waals surface area contributed by atoms with Gasteiger partial charge in [-0.05, 0) is 47.9 Å². The van der Waals surface area contributed by atoms with Crippen LogP contribution in [0.2, 0.25) is 0 Å². The van der Waals surface area contributed by atoms with Gasteiger partial charge in [0, 0.05) is 0 Å². The van der Waals surface area contributed by atoms with Crippen LogP contribution in [0.5, 0.6) is 5.75 Å². The van der Waals surface area contributed by atoms with Gasteiger partial charge in [0.2, 0.25) is 0 Å². The first-order chi connectivity index (χ1) is 13.6. The van der Waals surface area contributed by atoms with Gasteiger partial charge in [0.1, 0.15) is 29.9 Å². The number of ether oxygens (including phenoxy) is 1. The quantitative estimate of drug-likeness (QED) is 0.855.